The number of nitrogens with one attached hydrogen (secondary N) is 2. The zero-order valence-corrected chi connectivity index (χ0v) is 14.5. The maximum Gasteiger partial charge on any atom is 0.317 e. The Balaban J connectivity index is 1.89. The number of hydrogen-bond acceptors (Lipinski definition) is 3. The summed E-state index contributed by atoms with van der Waals surface area (Å²) >= 11 is 1.68. The van der Waals surface area contributed by atoms with Crippen molar-refractivity contribution in [2.45, 2.75) is 39.7 Å². The average molecular weight is 320 g/mol. The van der Waals surface area contributed by atoms with Gasteiger partial charge in [-0.05, 0) is 43.7 Å². The minimum atomic E-state index is -0.0287. The summed E-state index contributed by atoms with van der Waals surface area (Å²) in [5.41, 5.74) is 3.29. The first-order chi connectivity index (χ1) is 10.5. The van der Waals surface area contributed by atoms with E-state index in [-0.39, 0.29) is 12.1 Å². The molecule has 5 nitrogen and oxygen atoms in total. The third-order valence-electron chi connectivity index (χ3n) is 3.92. The zero-order chi connectivity index (χ0) is 16.1. The Labute approximate surface area is 135 Å². The van der Waals surface area contributed by atoms with Crippen LogP contribution < -0.4 is 5.32 Å². The van der Waals surface area contributed by atoms with Crippen LogP contribution in [0.3, 0.4) is 0 Å². The van der Waals surface area contributed by atoms with Crippen LogP contribution in [0.5, 0.6) is 0 Å². The normalized spacial score (nSPS) is 12.2. The van der Waals surface area contributed by atoms with Crippen LogP contribution in [0.1, 0.15) is 41.2 Å². The molecule has 2 heterocycles. The fraction of sp³-hybridized carbons (Fsp3) is 0.500. The number of aryl methyl sites for hydroxylation is 2. The van der Waals surface area contributed by atoms with E-state index in [4.69, 9.17) is 0 Å². The highest BCUT2D eigenvalue weighted by atomic mass is 32.1. The molecule has 0 aliphatic rings. The van der Waals surface area contributed by atoms with Gasteiger partial charge >= 0.3 is 6.03 Å². The summed E-state index contributed by atoms with van der Waals surface area (Å²) < 4.78 is 0. The molecule has 2 N–H and O–H groups in total. The lowest BCUT2D eigenvalue weighted by atomic mass is 10.1. The van der Waals surface area contributed by atoms with Crippen LogP contribution in [0, 0.1) is 13.8 Å². The summed E-state index contributed by atoms with van der Waals surface area (Å²) in [5.74, 6) is 0. The van der Waals surface area contributed by atoms with E-state index in [1.54, 1.807) is 16.2 Å². The second-order valence-corrected chi connectivity index (χ2v) is 6.49. The van der Waals surface area contributed by atoms with Gasteiger partial charge in [-0.15, -0.1) is 11.3 Å². The molecule has 6 heteroatoms. The number of carbonyl (C=O) groups excluding carboxylic acids is 1. The van der Waals surface area contributed by atoms with E-state index in [0.717, 1.165) is 24.2 Å². The van der Waals surface area contributed by atoms with Crippen molar-refractivity contribution in [2.24, 2.45) is 0 Å². The van der Waals surface area contributed by atoms with Gasteiger partial charge in [-0.25, -0.2) is 4.79 Å². The minimum Gasteiger partial charge on any atom is -0.330 e. The monoisotopic (exact) mass is 320 g/mol. The molecule has 0 aliphatic heterocycles. The Kier molecular flexibility index (Phi) is 5.60. The Morgan fingerprint density at radius 1 is 1.50 bits per heavy atom. The molecular formula is C16H24N4OS. The molecule has 22 heavy (non-hydrogen) atoms. The van der Waals surface area contributed by atoms with E-state index in [2.05, 4.69) is 28.5 Å². The number of rotatable bonds is 6. The summed E-state index contributed by atoms with van der Waals surface area (Å²) in [6.45, 7) is 6.76. The van der Waals surface area contributed by atoms with Crippen LogP contribution in [-0.2, 0) is 6.42 Å². The quantitative estimate of drug-likeness (QED) is 0.856. The smallest absolute Gasteiger partial charge is 0.317 e. The number of H-pyrrole nitrogens is 1. The number of nitrogens with zero attached hydrogens (tertiary/aromatic N) is 2. The van der Waals surface area contributed by atoms with Crippen LogP contribution in [-0.4, -0.2) is 34.7 Å². The largest absolute Gasteiger partial charge is 0.330 e. The predicted octanol–water partition coefficient (Wildman–Crippen LogP) is 3.42. The van der Waals surface area contributed by atoms with Crippen molar-refractivity contribution in [3.63, 3.8) is 0 Å². The molecule has 0 unspecified atom stereocenters. The lowest BCUT2D eigenvalue weighted by Crippen LogP contribution is -2.40. The summed E-state index contributed by atoms with van der Waals surface area (Å²) in [4.78, 5) is 15.3. The number of hydrogen-bond donors (Lipinski definition) is 2. The van der Waals surface area contributed by atoms with Crippen molar-refractivity contribution in [2.75, 3.05) is 13.6 Å². The SMILES string of the molecule is CC[C@H](NC(=O)N(C)CCc1c(C)n[nH]c1C)c1cccs1. The molecular weight excluding hydrogens is 296 g/mol. The van der Waals surface area contributed by atoms with Gasteiger partial charge < -0.3 is 10.2 Å². The molecule has 0 saturated heterocycles. The van der Waals surface area contributed by atoms with Crippen LogP contribution in [0.25, 0.3) is 0 Å². The standard InChI is InChI=1S/C16H24N4OS/c1-5-14(15-7-6-10-22-15)17-16(21)20(4)9-8-13-11(2)18-19-12(13)3/h6-7,10,14H,5,8-9H2,1-4H3,(H,17,21)(H,18,19)/t14-/m0/s1. The molecule has 0 saturated carbocycles. The third kappa shape index (κ3) is 3.88. The first kappa shape index (κ1) is 16.5. The fourth-order valence-electron chi connectivity index (χ4n) is 2.45. The molecule has 2 aromatic rings. The minimum absolute atomic E-state index is 0.0287. The number of likely N-dealkylation sites (N-methyl/N-ethyl adjacent to an activating group) is 1. The molecule has 1 atom stereocenters. The fourth-order valence-corrected chi connectivity index (χ4v) is 3.31. The van der Waals surface area contributed by atoms with E-state index in [1.807, 2.05) is 32.3 Å². The highest BCUT2D eigenvalue weighted by Crippen LogP contribution is 2.21. The molecule has 2 rings (SSSR count). The van der Waals surface area contributed by atoms with Gasteiger partial charge in [0.05, 0.1) is 11.7 Å². The molecule has 0 aromatic carbocycles. The highest BCUT2D eigenvalue weighted by Gasteiger charge is 2.17. The van der Waals surface area contributed by atoms with Gasteiger partial charge in [0.25, 0.3) is 0 Å². The second-order valence-electron chi connectivity index (χ2n) is 5.51. The Morgan fingerprint density at radius 2 is 2.27 bits per heavy atom. The van der Waals surface area contributed by atoms with Gasteiger partial charge in [0, 0.05) is 24.2 Å². The summed E-state index contributed by atoms with van der Waals surface area (Å²) in [5, 5.41) is 12.3. The van der Waals surface area contributed by atoms with E-state index in [9.17, 15) is 4.79 Å². The van der Waals surface area contributed by atoms with Crippen molar-refractivity contribution >= 4 is 17.4 Å². The third-order valence-corrected chi connectivity index (χ3v) is 4.90. The molecule has 0 aliphatic carbocycles. The Morgan fingerprint density at radius 3 is 2.82 bits per heavy atom. The summed E-state index contributed by atoms with van der Waals surface area (Å²) in [7, 11) is 1.83. The topological polar surface area (TPSA) is 61.0 Å². The number of aromatic amines is 1. The first-order valence-corrected chi connectivity index (χ1v) is 8.46. The number of carbonyl (C=O) groups is 1. The average Bonchev–Trinajstić information content (AvgIpc) is 3.13. The van der Waals surface area contributed by atoms with Crippen molar-refractivity contribution in [1.29, 1.82) is 0 Å². The maximum absolute atomic E-state index is 12.3. The van der Waals surface area contributed by atoms with Gasteiger partial charge in [0.15, 0.2) is 0 Å². The molecule has 0 spiro atoms. The van der Waals surface area contributed by atoms with Gasteiger partial charge in [0.2, 0.25) is 0 Å². The molecule has 0 bridgehead atoms. The molecule has 2 aromatic heterocycles. The van der Waals surface area contributed by atoms with E-state index in [1.165, 1.54) is 10.4 Å². The van der Waals surface area contributed by atoms with Crippen LogP contribution >= 0.6 is 11.3 Å². The molecule has 0 fully saturated rings. The number of amides is 2. The van der Waals surface area contributed by atoms with Crippen molar-refractivity contribution in [3.8, 4) is 0 Å². The second kappa shape index (κ2) is 7.45. The molecule has 2 amide bonds. The van der Waals surface area contributed by atoms with Gasteiger partial charge in [-0.3, -0.25) is 5.10 Å². The lowest BCUT2D eigenvalue weighted by molar-refractivity contribution is 0.205. The maximum atomic E-state index is 12.3. The van der Waals surface area contributed by atoms with Crippen molar-refractivity contribution < 1.29 is 4.79 Å². The van der Waals surface area contributed by atoms with Crippen LogP contribution in [0.15, 0.2) is 17.5 Å². The Hall–Kier alpha value is -1.82. The number of thiophene rings is 1. The predicted molar refractivity (Wildman–Crippen MR) is 90.3 cm³/mol. The van der Waals surface area contributed by atoms with Crippen molar-refractivity contribution in [3.05, 3.63) is 39.3 Å². The van der Waals surface area contributed by atoms with Gasteiger partial charge in [-0.1, -0.05) is 13.0 Å². The van der Waals surface area contributed by atoms with E-state index in [0.29, 0.717) is 6.54 Å². The lowest BCUT2D eigenvalue weighted by Gasteiger charge is -2.22. The highest BCUT2D eigenvalue weighted by molar-refractivity contribution is 7.10. The summed E-state index contributed by atoms with van der Waals surface area (Å²) in [6.07, 6.45) is 1.70. The van der Waals surface area contributed by atoms with E-state index >= 15 is 0 Å². The zero-order valence-electron chi connectivity index (χ0n) is 13.6. The van der Waals surface area contributed by atoms with Crippen LogP contribution in [0.2, 0.25) is 0 Å². The van der Waals surface area contributed by atoms with Gasteiger partial charge in [0.1, 0.15) is 0 Å². The van der Waals surface area contributed by atoms with Crippen molar-refractivity contribution in [1.82, 2.24) is 20.4 Å². The number of aromatic nitrogens is 2. The number of urea groups is 1. The van der Waals surface area contributed by atoms with Crippen LogP contribution in [0.4, 0.5) is 4.79 Å². The van der Waals surface area contributed by atoms with E-state index < -0.39 is 0 Å². The summed E-state index contributed by atoms with van der Waals surface area (Å²) in [6, 6.07) is 4.15. The molecule has 120 valence electrons. The molecule has 0 radical (unpaired) electrons. The van der Waals surface area contributed by atoms with Gasteiger partial charge in [-0.2, -0.15) is 5.10 Å². The Bertz CT molecular complexity index is 586. The first-order valence-electron chi connectivity index (χ1n) is 7.58.